The van der Waals surface area contributed by atoms with Crippen LogP contribution in [0.5, 0.6) is 11.5 Å². The number of nitrogens with two attached hydrogens (primary N) is 1. The molecule has 0 radical (unpaired) electrons. The van der Waals surface area contributed by atoms with Crippen LogP contribution in [0.3, 0.4) is 0 Å². The lowest BCUT2D eigenvalue weighted by molar-refractivity contribution is -0.119. The summed E-state index contributed by atoms with van der Waals surface area (Å²) in [5.74, 6) is 0.137. The Labute approximate surface area is 151 Å². The highest BCUT2D eigenvalue weighted by atomic mass is 35.5. The number of benzene rings is 2. The van der Waals surface area contributed by atoms with Crippen LogP contribution in [0.25, 0.3) is 0 Å². The second-order valence-corrected chi connectivity index (χ2v) is 5.80. The van der Waals surface area contributed by atoms with Gasteiger partial charge in [-0.2, -0.15) is 0 Å². The second-order valence-electron chi connectivity index (χ2n) is 5.39. The third-order valence-electron chi connectivity index (χ3n) is 3.50. The van der Waals surface area contributed by atoms with E-state index in [0.29, 0.717) is 29.5 Å². The lowest BCUT2D eigenvalue weighted by Crippen LogP contribution is -2.20. The van der Waals surface area contributed by atoms with Crippen molar-refractivity contribution in [2.24, 2.45) is 5.73 Å². The molecule has 0 atom stereocenters. The van der Waals surface area contributed by atoms with Crippen molar-refractivity contribution in [1.29, 1.82) is 0 Å². The van der Waals surface area contributed by atoms with E-state index >= 15 is 0 Å². The Kier molecular flexibility index (Phi) is 6.91. The number of hydrogen-bond donors (Lipinski definition) is 3. The minimum atomic E-state index is -0.589. The molecule has 0 saturated carbocycles. The van der Waals surface area contributed by atoms with E-state index < -0.39 is 5.91 Å². The molecule has 0 spiro atoms. The van der Waals surface area contributed by atoms with Gasteiger partial charge in [0.05, 0.1) is 12.1 Å². The molecule has 0 fully saturated rings. The maximum Gasteiger partial charge on any atom is 0.255 e. The molecule has 0 aromatic heterocycles. The number of anilines is 1. The Bertz CT molecular complexity index is 720. The van der Waals surface area contributed by atoms with Crippen molar-refractivity contribution in [3.05, 3.63) is 52.5 Å². The summed E-state index contributed by atoms with van der Waals surface area (Å²) >= 11 is 6.23. The van der Waals surface area contributed by atoms with Gasteiger partial charge in [-0.1, -0.05) is 23.7 Å². The molecular formula is C18H21ClN2O4. The zero-order chi connectivity index (χ0) is 18.2. The van der Waals surface area contributed by atoms with Crippen LogP contribution in [-0.4, -0.2) is 31.3 Å². The molecule has 6 nitrogen and oxygen atoms in total. The zero-order valence-corrected chi connectivity index (χ0v) is 14.7. The molecule has 7 heteroatoms. The number of carbonyl (C=O) groups excluding carboxylic acids is 1. The fourth-order valence-electron chi connectivity index (χ4n) is 2.28. The van der Waals surface area contributed by atoms with Crippen molar-refractivity contribution >= 4 is 23.2 Å². The maximum atomic E-state index is 10.9. The highest BCUT2D eigenvalue weighted by molar-refractivity contribution is 6.32. The van der Waals surface area contributed by atoms with Crippen LogP contribution in [0.2, 0.25) is 5.02 Å². The average molecular weight is 365 g/mol. The summed E-state index contributed by atoms with van der Waals surface area (Å²) in [5, 5.41) is 12.6. The topological polar surface area (TPSA) is 93.8 Å². The smallest absolute Gasteiger partial charge is 0.255 e. The first-order chi connectivity index (χ1) is 12.0. The molecule has 25 heavy (non-hydrogen) atoms. The number of ether oxygens (including phenoxy) is 2. The van der Waals surface area contributed by atoms with Gasteiger partial charge in [-0.05, 0) is 41.8 Å². The van der Waals surface area contributed by atoms with Crippen LogP contribution in [0, 0.1) is 0 Å². The summed E-state index contributed by atoms with van der Waals surface area (Å²) in [7, 11) is 1.50. The van der Waals surface area contributed by atoms with Gasteiger partial charge in [0, 0.05) is 18.8 Å². The highest BCUT2D eigenvalue weighted by Gasteiger charge is 2.13. The summed E-state index contributed by atoms with van der Waals surface area (Å²) < 4.78 is 10.6. The Morgan fingerprint density at radius 2 is 1.96 bits per heavy atom. The van der Waals surface area contributed by atoms with Gasteiger partial charge in [0.1, 0.15) is 0 Å². The summed E-state index contributed by atoms with van der Waals surface area (Å²) in [6.45, 7) is 0.397. The van der Waals surface area contributed by atoms with E-state index in [0.717, 1.165) is 16.8 Å². The van der Waals surface area contributed by atoms with Crippen LogP contribution >= 0.6 is 11.6 Å². The number of nitrogens with one attached hydrogen (secondary N) is 1. The average Bonchev–Trinajstić information content (AvgIpc) is 2.59. The lowest BCUT2D eigenvalue weighted by atomic mass is 10.1. The molecule has 0 heterocycles. The van der Waals surface area contributed by atoms with Crippen molar-refractivity contribution in [1.82, 2.24) is 0 Å². The van der Waals surface area contributed by atoms with Gasteiger partial charge in [0.2, 0.25) is 0 Å². The molecular weight excluding hydrogens is 344 g/mol. The van der Waals surface area contributed by atoms with Crippen molar-refractivity contribution in [2.75, 3.05) is 25.6 Å². The standard InChI is InChI=1S/C18H21ClN2O4/c1-24-16-9-13(8-15(19)18(16)25-11-17(20)23)10-21-14-4-2-12(3-5-14)6-7-22/h2-5,8-9,21-22H,6-7,10-11H2,1H3,(H2,20,23). The Balaban J connectivity index is 2.06. The van der Waals surface area contributed by atoms with Crippen LogP contribution in [0.1, 0.15) is 11.1 Å². The maximum absolute atomic E-state index is 10.9. The summed E-state index contributed by atoms with van der Waals surface area (Å²) in [6.07, 6.45) is 0.639. The van der Waals surface area contributed by atoms with E-state index in [2.05, 4.69) is 5.32 Å². The van der Waals surface area contributed by atoms with Gasteiger partial charge in [0.25, 0.3) is 5.91 Å². The first-order valence-electron chi connectivity index (χ1n) is 7.74. The molecule has 0 aliphatic carbocycles. The van der Waals surface area contributed by atoms with E-state index in [1.165, 1.54) is 7.11 Å². The quantitative estimate of drug-likeness (QED) is 0.635. The lowest BCUT2D eigenvalue weighted by Gasteiger charge is -2.14. The Morgan fingerprint density at radius 1 is 1.24 bits per heavy atom. The molecule has 0 bridgehead atoms. The molecule has 2 aromatic rings. The van der Waals surface area contributed by atoms with Gasteiger partial charge >= 0.3 is 0 Å². The van der Waals surface area contributed by atoms with Crippen molar-refractivity contribution in [3.8, 4) is 11.5 Å². The van der Waals surface area contributed by atoms with E-state index in [1.54, 1.807) is 12.1 Å². The molecule has 2 rings (SSSR count). The highest BCUT2D eigenvalue weighted by Crippen LogP contribution is 2.36. The molecule has 2 aromatic carbocycles. The Morgan fingerprint density at radius 3 is 2.56 bits per heavy atom. The number of hydrogen-bond acceptors (Lipinski definition) is 5. The van der Waals surface area contributed by atoms with E-state index in [9.17, 15) is 4.79 Å². The van der Waals surface area contributed by atoms with Crippen LogP contribution < -0.4 is 20.5 Å². The van der Waals surface area contributed by atoms with E-state index in [1.807, 2.05) is 24.3 Å². The fourth-order valence-corrected chi connectivity index (χ4v) is 2.57. The van der Waals surface area contributed by atoms with Crippen LogP contribution in [0.15, 0.2) is 36.4 Å². The molecule has 0 aliphatic rings. The number of rotatable bonds is 9. The summed E-state index contributed by atoms with van der Waals surface area (Å²) in [6, 6.07) is 11.4. The molecule has 4 N–H and O–H groups in total. The van der Waals surface area contributed by atoms with Gasteiger partial charge in [-0.3, -0.25) is 4.79 Å². The van der Waals surface area contributed by atoms with Gasteiger partial charge < -0.3 is 25.6 Å². The molecule has 1 amide bonds. The number of carbonyl (C=O) groups is 1. The number of methoxy groups -OCH3 is 1. The third kappa shape index (κ3) is 5.55. The normalized spacial score (nSPS) is 10.4. The first kappa shape index (κ1) is 18.9. The van der Waals surface area contributed by atoms with E-state index in [-0.39, 0.29) is 13.2 Å². The van der Waals surface area contributed by atoms with Crippen LogP contribution in [0.4, 0.5) is 5.69 Å². The number of primary amides is 1. The number of aliphatic hydroxyl groups excluding tert-OH is 1. The van der Waals surface area contributed by atoms with Crippen molar-refractivity contribution < 1.29 is 19.4 Å². The summed E-state index contributed by atoms with van der Waals surface area (Å²) in [5.41, 5.74) is 8.01. The monoisotopic (exact) mass is 364 g/mol. The predicted octanol–water partition coefficient (Wildman–Crippen LogP) is 2.36. The minimum Gasteiger partial charge on any atom is -0.493 e. The minimum absolute atomic E-state index is 0.134. The third-order valence-corrected chi connectivity index (χ3v) is 3.78. The molecule has 0 aliphatic heterocycles. The van der Waals surface area contributed by atoms with Crippen LogP contribution in [-0.2, 0) is 17.8 Å². The van der Waals surface area contributed by atoms with Gasteiger partial charge in [0.15, 0.2) is 18.1 Å². The van der Waals surface area contributed by atoms with Crippen molar-refractivity contribution in [3.63, 3.8) is 0 Å². The number of halogens is 1. The molecule has 0 unspecified atom stereocenters. The largest absolute Gasteiger partial charge is 0.493 e. The Hall–Kier alpha value is -2.44. The van der Waals surface area contributed by atoms with Gasteiger partial charge in [-0.25, -0.2) is 0 Å². The number of aliphatic hydroxyl groups is 1. The van der Waals surface area contributed by atoms with Gasteiger partial charge in [-0.15, -0.1) is 0 Å². The zero-order valence-electron chi connectivity index (χ0n) is 13.9. The fraction of sp³-hybridized carbons (Fsp3) is 0.278. The van der Waals surface area contributed by atoms with Crippen molar-refractivity contribution in [2.45, 2.75) is 13.0 Å². The first-order valence-corrected chi connectivity index (χ1v) is 8.12. The van der Waals surface area contributed by atoms with E-state index in [4.69, 9.17) is 31.9 Å². The molecule has 0 saturated heterocycles. The number of amides is 1. The molecule has 134 valence electrons. The SMILES string of the molecule is COc1cc(CNc2ccc(CCO)cc2)cc(Cl)c1OCC(N)=O. The predicted molar refractivity (Wildman–Crippen MR) is 97.3 cm³/mol. The summed E-state index contributed by atoms with van der Waals surface area (Å²) in [4.78, 5) is 10.9. The second kappa shape index (κ2) is 9.15.